The number of nitrogens with one attached hydrogen (secondary N) is 3. The summed E-state index contributed by atoms with van der Waals surface area (Å²) in [5.74, 6) is -0.0581. The highest BCUT2D eigenvalue weighted by Crippen LogP contribution is 2.19. The maximum absolute atomic E-state index is 12.0. The molecule has 0 heterocycles. The van der Waals surface area contributed by atoms with Gasteiger partial charge in [-0.1, -0.05) is 26.0 Å². The summed E-state index contributed by atoms with van der Waals surface area (Å²) in [6, 6.07) is 6.93. The van der Waals surface area contributed by atoms with E-state index in [1.54, 1.807) is 0 Å². The lowest BCUT2D eigenvalue weighted by atomic mass is 10.0. The molecule has 1 aliphatic carbocycles. The molecule has 1 saturated carbocycles. The summed E-state index contributed by atoms with van der Waals surface area (Å²) >= 11 is 0. The molecule has 24 heavy (non-hydrogen) atoms. The van der Waals surface area contributed by atoms with Crippen molar-refractivity contribution in [2.45, 2.75) is 51.7 Å². The highest BCUT2D eigenvalue weighted by molar-refractivity contribution is 5.89. The Hall–Kier alpha value is -1.79. The molecule has 1 aliphatic rings. The Morgan fingerprint density at radius 1 is 1.12 bits per heavy atom. The van der Waals surface area contributed by atoms with Gasteiger partial charge in [0.1, 0.15) is 0 Å². The van der Waals surface area contributed by atoms with Crippen LogP contribution in [-0.2, 0) is 4.79 Å². The first-order valence-corrected chi connectivity index (χ1v) is 8.10. The van der Waals surface area contributed by atoms with Gasteiger partial charge in [-0.2, -0.15) is 0 Å². The predicted molar refractivity (Wildman–Crippen MR) is 98.2 cm³/mol. The van der Waals surface area contributed by atoms with Crippen molar-refractivity contribution in [3.63, 3.8) is 0 Å². The van der Waals surface area contributed by atoms with Crippen molar-refractivity contribution in [3.05, 3.63) is 29.8 Å². The van der Waals surface area contributed by atoms with Crippen molar-refractivity contribution in [2.24, 2.45) is 11.7 Å². The Morgan fingerprint density at radius 3 is 2.21 bits per heavy atom. The first kappa shape index (κ1) is 20.3. The van der Waals surface area contributed by atoms with Gasteiger partial charge in [-0.25, -0.2) is 4.79 Å². The van der Waals surface area contributed by atoms with E-state index < -0.39 is 6.04 Å². The van der Waals surface area contributed by atoms with Crippen LogP contribution in [0.25, 0.3) is 0 Å². The Balaban J connectivity index is 0.00000288. The zero-order chi connectivity index (χ0) is 17.0. The van der Waals surface area contributed by atoms with E-state index in [4.69, 9.17) is 5.73 Å². The number of amides is 3. The molecule has 0 spiro atoms. The third kappa shape index (κ3) is 6.02. The van der Waals surface area contributed by atoms with E-state index in [0.29, 0.717) is 6.04 Å². The van der Waals surface area contributed by atoms with Crippen LogP contribution < -0.4 is 21.7 Å². The highest BCUT2D eigenvalue weighted by Gasteiger charge is 2.23. The second-order valence-corrected chi connectivity index (χ2v) is 6.49. The van der Waals surface area contributed by atoms with Crippen LogP contribution in [-0.4, -0.2) is 24.0 Å². The number of carbonyl (C=O) groups is 2. The summed E-state index contributed by atoms with van der Waals surface area (Å²) in [6.45, 7) is 5.75. The normalized spacial score (nSPS) is 15.9. The number of halogens is 1. The summed E-state index contributed by atoms with van der Waals surface area (Å²) in [7, 11) is 0. The van der Waals surface area contributed by atoms with Gasteiger partial charge < -0.3 is 21.7 Å². The maximum Gasteiger partial charge on any atom is 0.319 e. The zero-order valence-corrected chi connectivity index (χ0v) is 15.2. The van der Waals surface area contributed by atoms with Crippen LogP contribution in [0.1, 0.15) is 45.2 Å². The molecular weight excluding hydrogens is 328 g/mol. The predicted octanol–water partition coefficient (Wildman–Crippen LogP) is 2.55. The quantitative estimate of drug-likeness (QED) is 0.632. The minimum atomic E-state index is -0.510. The lowest BCUT2D eigenvalue weighted by Crippen LogP contribution is -2.44. The molecule has 1 aromatic rings. The first-order valence-electron chi connectivity index (χ1n) is 8.10. The number of hydrogen-bond acceptors (Lipinski definition) is 3. The minimum absolute atomic E-state index is 0. The van der Waals surface area contributed by atoms with Gasteiger partial charge in [-0.15, -0.1) is 12.4 Å². The minimum Gasteiger partial charge on any atom is -0.348 e. The largest absolute Gasteiger partial charge is 0.348 e. The summed E-state index contributed by atoms with van der Waals surface area (Å²) in [4.78, 5) is 23.7. The van der Waals surface area contributed by atoms with Crippen LogP contribution in [0.4, 0.5) is 10.5 Å². The van der Waals surface area contributed by atoms with Gasteiger partial charge in [-0.05, 0) is 43.4 Å². The van der Waals surface area contributed by atoms with Gasteiger partial charge in [0.2, 0.25) is 5.91 Å². The second-order valence-electron chi connectivity index (χ2n) is 6.49. The Morgan fingerprint density at radius 2 is 1.71 bits per heavy atom. The molecule has 2 atom stereocenters. The molecule has 0 bridgehead atoms. The average molecular weight is 355 g/mol. The van der Waals surface area contributed by atoms with Crippen LogP contribution >= 0.6 is 12.4 Å². The lowest BCUT2D eigenvalue weighted by Gasteiger charge is -2.20. The van der Waals surface area contributed by atoms with Gasteiger partial charge in [0, 0.05) is 11.7 Å². The van der Waals surface area contributed by atoms with Crippen LogP contribution in [0, 0.1) is 5.92 Å². The summed E-state index contributed by atoms with van der Waals surface area (Å²) in [6.07, 6.45) is 2.12. The van der Waals surface area contributed by atoms with Crippen LogP contribution in [0.3, 0.4) is 0 Å². The highest BCUT2D eigenvalue weighted by atomic mass is 35.5. The second kappa shape index (κ2) is 8.89. The number of anilines is 1. The van der Waals surface area contributed by atoms with Crippen molar-refractivity contribution in [3.8, 4) is 0 Å². The zero-order valence-electron chi connectivity index (χ0n) is 14.3. The fourth-order valence-electron chi connectivity index (χ4n) is 2.13. The van der Waals surface area contributed by atoms with Gasteiger partial charge in [-0.3, -0.25) is 4.79 Å². The van der Waals surface area contributed by atoms with E-state index >= 15 is 0 Å². The van der Waals surface area contributed by atoms with Crippen molar-refractivity contribution >= 4 is 30.0 Å². The molecule has 0 aromatic heterocycles. The van der Waals surface area contributed by atoms with Gasteiger partial charge in [0.05, 0.1) is 12.1 Å². The van der Waals surface area contributed by atoms with Gasteiger partial charge in [0.25, 0.3) is 0 Å². The molecule has 0 saturated heterocycles. The van der Waals surface area contributed by atoms with Crippen LogP contribution in [0.2, 0.25) is 0 Å². The summed E-state index contributed by atoms with van der Waals surface area (Å²) in [5, 5.41) is 8.57. The molecule has 3 amide bonds. The first-order chi connectivity index (χ1) is 10.9. The van der Waals surface area contributed by atoms with Crippen molar-refractivity contribution in [2.75, 3.05) is 5.32 Å². The molecule has 0 aliphatic heterocycles. The number of rotatable bonds is 6. The molecule has 6 nitrogen and oxygen atoms in total. The number of carbonyl (C=O) groups excluding carboxylic acids is 2. The molecular formula is C17H27ClN4O2. The van der Waals surface area contributed by atoms with E-state index in [9.17, 15) is 9.59 Å². The molecule has 0 radical (unpaired) electrons. The molecule has 7 heteroatoms. The molecule has 1 fully saturated rings. The fourth-order valence-corrected chi connectivity index (χ4v) is 2.13. The standard InChI is InChI=1S/C17H26N4O2.ClH/c1-10(2)15(18)16(22)19-11(3)12-4-6-13(7-5-12)20-17(23)21-14-8-9-14;/h4-7,10-11,14-15H,8-9,18H2,1-3H3,(H,19,22)(H2,20,21,23);1H/t11?,15-;/m0./s1. The van der Waals surface area contributed by atoms with Gasteiger partial charge in [0.15, 0.2) is 0 Å². The Kier molecular flexibility index (Phi) is 7.51. The molecule has 2 rings (SSSR count). The van der Waals surface area contributed by atoms with Crippen molar-refractivity contribution < 1.29 is 9.59 Å². The third-order valence-corrected chi connectivity index (χ3v) is 3.96. The Bertz CT molecular complexity index is 558. The third-order valence-electron chi connectivity index (χ3n) is 3.96. The molecule has 5 N–H and O–H groups in total. The fraction of sp³-hybridized carbons (Fsp3) is 0.529. The molecule has 1 unspecified atom stereocenters. The van der Waals surface area contributed by atoms with E-state index in [1.807, 2.05) is 45.0 Å². The SMILES string of the molecule is CC(NC(=O)[C@@H](N)C(C)C)c1ccc(NC(=O)NC2CC2)cc1.Cl. The van der Waals surface area contributed by atoms with E-state index in [1.165, 1.54) is 0 Å². The van der Waals surface area contributed by atoms with Crippen LogP contribution in [0.15, 0.2) is 24.3 Å². The number of nitrogens with two attached hydrogens (primary N) is 1. The smallest absolute Gasteiger partial charge is 0.319 e. The average Bonchev–Trinajstić information content (AvgIpc) is 3.30. The number of urea groups is 1. The Labute approximate surface area is 149 Å². The number of hydrogen-bond donors (Lipinski definition) is 4. The van der Waals surface area contributed by atoms with E-state index in [0.717, 1.165) is 24.1 Å². The van der Waals surface area contributed by atoms with E-state index in [2.05, 4.69) is 16.0 Å². The lowest BCUT2D eigenvalue weighted by molar-refractivity contribution is -0.123. The van der Waals surface area contributed by atoms with Crippen molar-refractivity contribution in [1.29, 1.82) is 0 Å². The number of benzene rings is 1. The van der Waals surface area contributed by atoms with E-state index in [-0.39, 0.29) is 36.3 Å². The maximum atomic E-state index is 12.0. The van der Waals surface area contributed by atoms with Crippen LogP contribution in [0.5, 0.6) is 0 Å². The summed E-state index contributed by atoms with van der Waals surface area (Å²) < 4.78 is 0. The summed E-state index contributed by atoms with van der Waals surface area (Å²) in [5.41, 5.74) is 7.53. The topological polar surface area (TPSA) is 96.2 Å². The molecule has 134 valence electrons. The van der Waals surface area contributed by atoms with Gasteiger partial charge >= 0.3 is 6.03 Å². The van der Waals surface area contributed by atoms with Crippen molar-refractivity contribution in [1.82, 2.24) is 10.6 Å². The molecule has 1 aromatic carbocycles. The monoisotopic (exact) mass is 354 g/mol.